The fraction of sp³-hybridized carbons (Fsp3) is 0.471. The second-order valence-electron chi connectivity index (χ2n) is 5.63. The molecule has 0 aliphatic rings. The molecule has 1 unspecified atom stereocenters. The van der Waals surface area contributed by atoms with Crippen LogP contribution < -0.4 is 5.32 Å². The minimum atomic E-state index is -0.165. The first-order chi connectivity index (χ1) is 10.0. The van der Waals surface area contributed by atoms with Crippen LogP contribution in [0.15, 0.2) is 24.3 Å². The van der Waals surface area contributed by atoms with Gasteiger partial charge in [0.15, 0.2) is 0 Å². The third-order valence-corrected chi connectivity index (χ3v) is 4.18. The summed E-state index contributed by atoms with van der Waals surface area (Å²) in [4.78, 5) is 0. The Morgan fingerprint density at radius 3 is 2.67 bits per heavy atom. The standard InChI is InChI=1S/C17H24FN3/c1-12-17(13(2)21(4)20-12)9-8-16(19-3)11-14-6-5-7-15(18)10-14/h5-7,10,16,19H,8-9,11H2,1-4H3. The summed E-state index contributed by atoms with van der Waals surface area (Å²) >= 11 is 0. The molecule has 1 aromatic heterocycles. The highest BCUT2D eigenvalue weighted by atomic mass is 19.1. The van der Waals surface area contributed by atoms with Gasteiger partial charge in [0.25, 0.3) is 0 Å². The molecular weight excluding hydrogens is 265 g/mol. The van der Waals surface area contributed by atoms with Crippen molar-refractivity contribution in [2.75, 3.05) is 7.05 Å². The van der Waals surface area contributed by atoms with Gasteiger partial charge in [0.05, 0.1) is 5.69 Å². The first kappa shape index (κ1) is 15.7. The number of nitrogens with one attached hydrogen (secondary N) is 1. The molecule has 114 valence electrons. The van der Waals surface area contributed by atoms with Crippen LogP contribution in [-0.2, 0) is 19.9 Å². The minimum Gasteiger partial charge on any atom is -0.317 e. The van der Waals surface area contributed by atoms with Crippen LogP contribution in [0.5, 0.6) is 0 Å². The number of likely N-dealkylation sites (N-methyl/N-ethyl adjacent to an activating group) is 1. The summed E-state index contributed by atoms with van der Waals surface area (Å²) in [6, 6.07) is 7.19. The second kappa shape index (κ2) is 6.85. The number of benzene rings is 1. The molecule has 0 saturated heterocycles. The third-order valence-electron chi connectivity index (χ3n) is 4.18. The monoisotopic (exact) mass is 289 g/mol. The van der Waals surface area contributed by atoms with Crippen LogP contribution in [0.4, 0.5) is 4.39 Å². The SMILES string of the molecule is CNC(CCc1c(C)nn(C)c1C)Cc1cccc(F)c1. The van der Waals surface area contributed by atoms with Gasteiger partial charge in [-0.05, 0) is 63.4 Å². The fourth-order valence-corrected chi connectivity index (χ4v) is 2.79. The Balaban J connectivity index is 1.99. The molecule has 1 heterocycles. The molecule has 3 nitrogen and oxygen atoms in total. The summed E-state index contributed by atoms with van der Waals surface area (Å²) in [5.74, 6) is -0.165. The Morgan fingerprint density at radius 2 is 2.10 bits per heavy atom. The van der Waals surface area contributed by atoms with E-state index in [0.717, 1.165) is 30.5 Å². The Hall–Kier alpha value is -1.68. The first-order valence-corrected chi connectivity index (χ1v) is 7.42. The van der Waals surface area contributed by atoms with Gasteiger partial charge in [-0.15, -0.1) is 0 Å². The number of aryl methyl sites for hydroxylation is 2. The first-order valence-electron chi connectivity index (χ1n) is 7.42. The summed E-state index contributed by atoms with van der Waals surface area (Å²) in [6.07, 6.45) is 2.85. The van der Waals surface area contributed by atoms with E-state index in [1.807, 2.05) is 24.8 Å². The van der Waals surface area contributed by atoms with E-state index in [1.54, 1.807) is 12.1 Å². The molecule has 21 heavy (non-hydrogen) atoms. The normalized spacial score (nSPS) is 12.6. The van der Waals surface area contributed by atoms with Gasteiger partial charge in [-0.2, -0.15) is 5.10 Å². The van der Waals surface area contributed by atoms with Crippen LogP contribution in [0, 0.1) is 19.7 Å². The lowest BCUT2D eigenvalue weighted by Crippen LogP contribution is -2.28. The van der Waals surface area contributed by atoms with Crippen molar-refractivity contribution in [3.63, 3.8) is 0 Å². The minimum absolute atomic E-state index is 0.165. The molecule has 0 bridgehead atoms. The van der Waals surface area contributed by atoms with Crippen LogP contribution in [0.25, 0.3) is 0 Å². The number of nitrogens with zero attached hydrogens (tertiary/aromatic N) is 2. The fourth-order valence-electron chi connectivity index (χ4n) is 2.79. The number of aromatic nitrogens is 2. The van der Waals surface area contributed by atoms with Crippen molar-refractivity contribution in [3.8, 4) is 0 Å². The quantitative estimate of drug-likeness (QED) is 0.886. The lowest BCUT2D eigenvalue weighted by atomic mass is 9.98. The molecule has 0 aliphatic heterocycles. The van der Waals surface area contributed by atoms with Crippen molar-refractivity contribution in [2.24, 2.45) is 7.05 Å². The molecule has 0 spiro atoms. The highest BCUT2D eigenvalue weighted by molar-refractivity contribution is 5.24. The predicted octanol–water partition coefficient (Wildman–Crippen LogP) is 2.94. The van der Waals surface area contributed by atoms with Crippen molar-refractivity contribution in [1.82, 2.24) is 15.1 Å². The number of hydrogen-bond donors (Lipinski definition) is 1. The molecule has 2 rings (SSSR count). The highest BCUT2D eigenvalue weighted by Gasteiger charge is 2.13. The van der Waals surface area contributed by atoms with Crippen LogP contribution in [0.1, 0.15) is 28.9 Å². The number of halogens is 1. The zero-order chi connectivity index (χ0) is 15.4. The van der Waals surface area contributed by atoms with E-state index in [9.17, 15) is 4.39 Å². The zero-order valence-electron chi connectivity index (χ0n) is 13.3. The van der Waals surface area contributed by atoms with Gasteiger partial charge in [-0.25, -0.2) is 4.39 Å². The summed E-state index contributed by atoms with van der Waals surface area (Å²) in [7, 11) is 3.95. The highest BCUT2D eigenvalue weighted by Crippen LogP contribution is 2.16. The van der Waals surface area contributed by atoms with E-state index in [-0.39, 0.29) is 5.82 Å². The van der Waals surface area contributed by atoms with Gasteiger partial charge in [0, 0.05) is 18.8 Å². The van der Waals surface area contributed by atoms with Gasteiger partial charge in [0.1, 0.15) is 5.82 Å². The largest absolute Gasteiger partial charge is 0.317 e. The molecule has 0 fully saturated rings. The smallest absolute Gasteiger partial charge is 0.123 e. The van der Waals surface area contributed by atoms with E-state index in [2.05, 4.69) is 24.3 Å². The molecule has 4 heteroatoms. The maximum Gasteiger partial charge on any atom is 0.123 e. The number of rotatable bonds is 6. The van der Waals surface area contributed by atoms with Crippen molar-refractivity contribution in [1.29, 1.82) is 0 Å². The molecule has 1 N–H and O–H groups in total. The molecule has 0 amide bonds. The molecule has 0 aliphatic carbocycles. The zero-order valence-corrected chi connectivity index (χ0v) is 13.3. The third kappa shape index (κ3) is 3.91. The maximum absolute atomic E-state index is 13.2. The Bertz CT molecular complexity index is 604. The Kier molecular flexibility index (Phi) is 5.12. The second-order valence-corrected chi connectivity index (χ2v) is 5.63. The average molecular weight is 289 g/mol. The molecule has 1 aromatic carbocycles. The van der Waals surface area contributed by atoms with Crippen molar-refractivity contribution < 1.29 is 4.39 Å². The summed E-state index contributed by atoms with van der Waals surface area (Å²) in [5, 5.41) is 7.79. The van der Waals surface area contributed by atoms with E-state index < -0.39 is 0 Å². The Morgan fingerprint density at radius 1 is 1.33 bits per heavy atom. The van der Waals surface area contributed by atoms with Crippen LogP contribution >= 0.6 is 0 Å². The molecule has 1 atom stereocenters. The van der Waals surface area contributed by atoms with Crippen molar-refractivity contribution in [2.45, 2.75) is 39.2 Å². The van der Waals surface area contributed by atoms with Gasteiger partial charge in [0.2, 0.25) is 0 Å². The molecular formula is C17H24FN3. The van der Waals surface area contributed by atoms with Crippen LogP contribution in [0.3, 0.4) is 0 Å². The lowest BCUT2D eigenvalue weighted by molar-refractivity contribution is 0.517. The van der Waals surface area contributed by atoms with Crippen LogP contribution in [-0.4, -0.2) is 22.9 Å². The van der Waals surface area contributed by atoms with E-state index in [1.165, 1.54) is 17.3 Å². The van der Waals surface area contributed by atoms with Gasteiger partial charge in [-0.1, -0.05) is 12.1 Å². The topological polar surface area (TPSA) is 29.9 Å². The Labute approximate surface area is 126 Å². The summed E-state index contributed by atoms with van der Waals surface area (Å²) < 4.78 is 15.2. The average Bonchev–Trinajstić information content (AvgIpc) is 2.69. The van der Waals surface area contributed by atoms with Crippen LogP contribution in [0.2, 0.25) is 0 Å². The van der Waals surface area contributed by atoms with Crippen molar-refractivity contribution >= 4 is 0 Å². The van der Waals surface area contributed by atoms with Gasteiger partial charge >= 0.3 is 0 Å². The summed E-state index contributed by atoms with van der Waals surface area (Å²) in [5.41, 5.74) is 4.70. The van der Waals surface area contributed by atoms with E-state index >= 15 is 0 Å². The molecule has 2 aromatic rings. The van der Waals surface area contributed by atoms with E-state index in [0.29, 0.717) is 6.04 Å². The summed E-state index contributed by atoms with van der Waals surface area (Å²) in [6.45, 7) is 4.17. The lowest BCUT2D eigenvalue weighted by Gasteiger charge is -2.16. The van der Waals surface area contributed by atoms with Gasteiger partial charge in [-0.3, -0.25) is 4.68 Å². The predicted molar refractivity (Wildman–Crippen MR) is 84.0 cm³/mol. The molecule has 0 saturated carbocycles. The maximum atomic E-state index is 13.2. The number of hydrogen-bond acceptors (Lipinski definition) is 2. The van der Waals surface area contributed by atoms with Crippen molar-refractivity contribution in [3.05, 3.63) is 52.6 Å². The van der Waals surface area contributed by atoms with E-state index in [4.69, 9.17) is 0 Å². The van der Waals surface area contributed by atoms with Gasteiger partial charge < -0.3 is 5.32 Å². The molecule has 0 radical (unpaired) electrons.